The smallest absolute Gasteiger partial charge is 0.260 e. The Hall–Kier alpha value is -3.32. The average Bonchev–Trinajstić information content (AvgIpc) is 3.45. The number of carbonyl (C=O) groups is 1. The topological polar surface area (TPSA) is 64.8 Å². The zero-order valence-electron chi connectivity index (χ0n) is 17.0. The second-order valence-corrected chi connectivity index (χ2v) is 7.73. The molecule has 0 radical (unpaired) electrons. The van der Waals surface area contributed by atoms with Gasteiger partial charge in [-0.15, -0.1) is 0 Å². The van der Waals surface area contributed by atoms with Gasteiger partial charge in [-0.05, 0) is 48.4 Å². The molecule has 0 spiro atoms. The molecule has 0 unspecified atom stereocenters. The Morgan fingerprint density at radius 2 is 1.87 bits per heavy atom. The number of thiazole rings is 1. The summed E-state index contributed by atoms with van der Waals surface area (Å²) in [7, 11) is 3.12. The lowest BCUT2D eigenvalue weighted by atomic mass is 10.1. The molecule has 0 fully saturated rings. The summed E-state index contributed by atoms with van der Waals surface area (Å²) in [5.74, 6) is 1.56. The Morgan fingerprint density at radius 3 is 2.50 bits per heavy atom. The van der Waals surface area contributed by atoms with Gasteiger partial charge in [0.1, 0.15) is 17.3 Å². The maximum absolute atomic E-state index is 13.5. The van der Waals surface area contributed by atoms with Crippen LogP contribution in [0.5, 0.6) is 11.5 Å². The van der Waals surface area contributed by atoms with Crippen LogP contribution in [0.2, 0.25) is 0 Å². The Kier molecular flexibility index (Phi) is 5.72. The number of hydrogen-bond donors (Lipinski definition) is 0. The van der Waals surface area contributed by atoms with E-state index in [1.54, 1.807) is 49.6 Å². The molecule has 2 aromatic heterocycles. The van der Waals surface area contributed by atoms with Crippen LogP contribution in [0.15, 0.2) is 59.2 Å². The van der Waals surface area contributed by atoms with E-state index in [-0.39, 0.29) is 12.5 Å². The van der Waals surface area contributed by atoms with Gasteiger partial charge in [-0.1, -0.05) is 24.3 Å². The van der Waals surface area contributed by atoms with E-state index in [0.717, 1.165) is 16.6 Å². The highest BCUT2D eigenvalue weighted by Crippen LogP contribution is 2.33. The Balaban J connectivity index is 1.77. The van der Waals surface area contributed by atoms with Crippen LogP contribution in [0.3, 0.4) is 0 Å². The number of amides is 1. The van der Waals surface area contributed by atoms with Crippen LogP contribution in [0.1, 0.15) is 28.6 Å². The third-order valence-electron chi connectivity index (χ3n) is 4.82. The number of ether oxygens (including phenoxy) is 2. The van der Waals surface area contributed by atoms with E-state index in [1.165, 1.54) is 16.9 Å². The molecule has 0 N–H and O–H groups in total. The van der Waals surface area contributed by atoms with E-state index >= 15 is 0 Å². The summed E-state index contributed by atoms with van der Waals surface area (Å²) in [6.45, 7) is 2.39. The van der Waals surface area contributed by atoms with Crippen molar-refractivity contribution in [2.45, 2.75) is 19.9 Å². The number of rotatable bonds is 7. The van der Waals surface area contributed by atoms with Gasteiger partial charge in [0.25, 0.3) is 5.91 Å². The number of carbonyl (C=O) groups excluding carboxylic acids is 1. The van der Waals surface area contributed by atoms with E-state index in [4.69, 9.17) is 18.9 Å². The SMILES string of the molecule is CCc1ccc2nc(N(Cc3ccco3)C(=O)c3cc(OC)cc(OC)c3)sc2c1. The van der Waals surface area contributed by atoms with Gasteiger partial charge in [0.05, 0.1) is 37.2 Å². The highest BCUT2D eigenvalue weighted by molar-refractivity contribution is 7.22. The van der Waals surface area contributed by atoms with Crippen molar-refractivity contribution in [2.75, 3.05) is 19.1 Å². The molecule has 7 heteroatoms. The van der Waals surface area contributed by atoms with Gasteiger partial charge in [0.2, 0.25) is 0 Å². The number of hydrogen-bond acceptors (Lipinski definition) is 6. The van der Waals surface area contributed by atoms with Crippen molar-refractivity contribution in [1.29, 1.82) is 0 Å². The van der Waals surface area contributed by atoms with Crippen LogP contribution in [0, 0.1) is 0 Å². The van der Waals surface area contributed by atoms with Gasteiger partial charge in [-0.2, -0.15) is 0 Å². The highest BCUT2D eigenvalue weighted by atomic mass is 32.1. The van der Waals surface area contributed by atoms with Gasteiger partial charge < -0.3 is 13.9 Å². The van der Waals surface area contributed by atoms with Crippen molar-refractivity contribution >= 4 is 32.6 Å². The maximum atomic E-state index is 13.5. The third kappa shape index (κ3) is 4.02. The molecule has 0 aliphatic rings. The fraction of sp³-hybridized carbons (Fsp3) is 0.217. The van der Waals surface area contributed by atoms with Gasteiger partial charge in [-0.25, -0.2) is 4.98 Å². The second kappa shape index (κ2) is 8.59. The second-order valence-electron chi connectivity index (χ2n) is 6.72. The first-order chi connectivity index (χ1) is 14.6. The number of aryl methyl sites for hydroxylation is 1. The van der Waals surface area contributed by atoms with E-state index in [0.29, 0.717) is 28.0 Å². The van der Waals surface area contributed by atoms with Gasteiger partial charge in [-0.3, -0.25) is 9.69 Å². The molecular formula is C23H22N2O4S. The molecule has 0 aliphatic carbocycles. The fourth-order valence-electron chi connectivity index (χ4n) is 3.16. The number of furan rings is 1. The molecule has 0 aliphatic heterocycles. The Morgan fingerprint density at radius 1 is 1.10 bits per heavy atom. The molecule has 6 nitrogen and oxygen atoms in total. The van der Waals surface area contributed by atoms with Crippen LogP contribution in [-0.2, 0) is 13.0 Å². The summed E-state index contributed by atoms with van der Waals surface area (Å²) in [5, 5.41) is 0.612. The predicted molar refractivity (Wildman–Crippen MR) is 118 cm³/mol. The highest BCUT2D eigenvalue weighted by Gasteiger charge is 2.24. The lowest BCUT2D eigenvalue weighted by Crippen LogP contribution is -2.30. The third-order valence-corrected chi connectivity index (χ3v) is 5.86. The molecule has 30 heavy (non-hydrogen) atoms. The first kappa shape index (κ1) is 20.0. The largest absolute Gasteiger partial charge is 0.497 e. The molecule has 4 rings (SSSR count). The van der Waals surface area contributed by atoms with Crippen LogP contribution in [-0.4, -0.2) is 25.1 Å². The standard InChI is InChI=1S/C23H22N2O4S/c1-4-15-7-8-20-21(10-15)30-23(24-20)25(14-17-6-5-9-29-17)22(26)16-11-18(27-2)13-19(12-16)28-3/h5-13H,4,14H2,1-3H3. The molecule has 1 amide bonds. The predicted octanol–water partition coefficient (Wildman–Crippen LogP) is 5.32. The average molecular weight is 423 g/mol. The summed E-state index contributed by atoms with van der Waals surface area (Å²) in [6, 6.07) is 15.0. The first-order valence-electron chi connectivity index (χ1n) is 9.58. The summed E-state index contributed by atoms with van der Waals surface area (Å²) >= 11 is 1.49. The van der Waals surface area contributed by atoms with E-state index in [2.05, 4.69) is 19.1 Å². The number of anilines is 1. The fourth-order valence-corrected chi connectivity index (χ4v) is 4.19. The number of nitrogens with zero attached hydrogens (tertiary/aromatic N) is 2. The van der Waals surface area contributed by atoms with Gasteiger partial charge in [0.15, 0.2) is 5.13 Å². The molecule has 154 valence electrons. The van der Waals surface area contributed by atoms with Crippen LogP contribution in [0.4, 0.5) is 5.13 Å². The lowest BCUT2D eigenvalue weighted by Gasteiger charge is -2.19. The van der Waals surface area contributed by atoms with Gasteiger partial charge >= 0.3 is 0 Å². The zero-order valence-corrected chi connectivity index (χ0v) is 17.9. The number of fused-ring (bicyclic) bond motifs is 1. The molecule has 2 aromatic carbocycles. The van der Waals surface area contributed by atoms with E-state index in [1.807, 2.05) is 12.1 Å². The maximum Gasteiger partial charge on any atom is 0.260 e. The van der Waals surface area contributed by atoms with Crippen molar-refractivity contribution in [1.82, 2.24) is 4.98 Å². The quantitative estimate of drug-likeness (QED) is 0.403. The monoisotopic (exact) mass is 422 g/mol. The lowest BCUT2D eigenvalue weighted by molar-refractivity contribution is 0.0982. The van der Waals surface area contributed by atoms with E-state index < -0.39 is 0 Å². The molecular weight excluding hydrogens is 400 g/mol. The van der Waals surface area contributed by atoms with Crippen LogP contribution >= 0.6 is 11.3 Å². The van der Waals surface area contributed by atoms with Gasteiger partial charge in [0, 0.05) is 11.6 Å². The molecule has 4 aromatic rings. The van der Waals surface area contributed by atoms with Crippen molar-refractivity contribution in [2.24, 2.45) is 0 Å². The first-order valence-corrected chi connectivity index (χ1v) is 10.4. The minimum Gasteiger partial charge on any atom is -0.497 e. The van der Waals surface area contributed by atoms with Crippen molar-refractivity contribution in [3.63, 3.8) is 0 Å². The molecule has 0 bridgehead atoms. The minimum absolute atomic E-state index is 0.210. The molecule has 0 saturated carbocycles. The van der Waals surface area contributed by atoms with Crippen LogP contribution in [0.25, 0.3) is 10.2 Å². The Labute approximate surface area is 178 Å². The summed E-state index contributed by atoms with van der Waals surface area (Å²) in [4.78, 5) is 19.9. The minimum atomic E-state index is -0.210. The summed E-state index contributed by atoms with van der Waals surface area (Å²) in [6.07, 6.45) is 2.54. The summed E-state index contributed by atoms with van der Waals surface area (Å²) in [5.41, 5.74) is 2.55. The van der Waals surface area contributed by atoms with Crippen molar-refractivity contribution < 1.29 is 18.7 Å². The van der Waals surface area contributed by atoms with E-state index in [9.17, 15) is 4.79 Å². The van der Waals surface area contributed by atoms with Crippen molar-refractivity contribution in [3.8, 4) is 11.5 Å². The molecule has 0 atom stereocenters. The number of aromatic nitrogens is 1. The van der Waals surface area contributed by atoms with Crippen LogP contribution < -0.4 is 14.4 Å². The zero-order chi connectivity index (χ0) is 21.1. The molecule has 2 heterocycles. The number of methoxy groups -OCH3 is 2. The van der Waals surface area contributed by atoms with Crippen molar-refractivity contribution in [3.05, 3.63) is 71.7 Å². The Bertz CT molecular complexity index is 1150. The normalized spacial score (nSPS) is 10.9. The number of benzene rings is 2. The molecule has 0 saturated heterocycles. The summed E-state index contributed by atoms with van der Waals surface area (Å²) < 4.78 is 17.2.